The lowest BCUT2D eigenvalue weighted by molar-refractivity contribution is 0.620. The number of hydrogen-bond donors (Lipinski definition) is 0. The summed E-state index contributed by atoms with van der Waals surface area (Å²) in [7, 11) is 0. The van der Waals surface area contributed by atoms with Crippen molar-refractivity contribution in [1.29, 1.82) is 0 Å². The minimum Gasteiger partial charge on any atom is -0.206 e. The quantitative estimate of drug-likeness (QED) is 0.423. The largest absolute Gasteiger partial charge is 0.206 e. The molecule has 106 valence electrons. The first-order valence-electron chi connectivity index (χ1n) is 6.65. The van der Waals surface area contributed by atoms with Gasteiger partial charge in [-0.05, 0) is 62.4 Å². The van der Waals surface area contributed by atoms with E-state index in [2.05, 4.69) is 63.0 Å². The average molecular weight is 408 g/mol. The molecule has 3 heteroatoms. The van der Waals surface area contributed by atoms with Crippen LogP contribution in [0.15, 0.2) is 59.1 Å². The van der Waals surface area contributed by atoms with Gasteiger partial charge in [0.25, 0.3) is 0 Å². The second-order valence-electron chi connectivity index (χ2n) is 5.05. The van der Waals surface area contributed by atoms with Crippen LogP contribution in [-0.2, 0) is 0 Å². The number of fused-ring (bicyclic) bond motifs is 1. The molecule has 0 amide bonds. The van der Waals surface area contributed by atoms with Gasteiger partial charge in [0.15, 0.2) is 0 Å². The Bertz CT molecular complexity index is 811. The number of aryl methyl sites for hydroxylation is 1. The van der Waals surface area contributed by atoms with Gasteiger partial charge in [0.2, 0.25) is 0 Å². The maximum atomic E-state index is 13.4. The molecule has 0 saturated heterocycles. The summed E-state index contributed by atoms with van der Waals surface area (Å²) >= 11 is 7.04. The third kappa shape index (κ3) is 2.77. The first-order valence-corrected chi connectivity index (χ1v) is 8.36. The van der Waals surface area contributed by atoms with E-state index in [1.54, 1.807) is 0 Å². The van der Waals surface area contributed by atoms with Gasteiger partial charge in [-0.2, -0.15) is 0 Å². The zero-order valence-corrected chi connectivity index (χ0v) is 14.6. The third-order valence-electron chi connectivity index (χ3n) is 3.68. The van der Waals surface area contributed by atoms with Crippen LogP contribution < -0.4 is 0 Å². The monoisotopic (exact) mass is 406 g/mol. The van der Waals surface area contributed by atoms with Crippen molar-refractivity contribution in [2.24, 2.45) is 0 Å². The van der Waals surface area contributed by atoms with Crippen LogP contribution in [0.4, 0.5) is 4.39 Å². The van der Waals surface area contributed by atoms with Crippen molar-refractivity contribution in [1.82, 2.24) is 0 Å². The number of alkyl halides is 1. The average Bonchev–Trinajstić information content (AvgIpc) is 2.49. The van der Waals surface area contributed by atoms with Crippen LogP contribution in [0.25, 0.3) is 10.8 Å². The van der Waals surface area contributed by atoms with Gasteiger partial charge in [-0.15, -0.1) is 0 Å². The Balaban J connectivity index is 2.19. The SMILES string of the molecule is Cc1ccc2ccccc2c1C(Br)c1ccc(F)c(Br)c1. The molecule has 0 spiro atoms. The Morgan fingerprint density at radius 2 is 1.76 bits per heavy atom. The predicted molar refractivity (Wildman–Crippen MR) is 93.6 cm³/mol. The van der Waals surface area contributed by atoms with Crippen molar-refractivity contribution in [3.05, 3.63) is 81.6 Å². The Hall–Kier alpha value is -1.19. The Morgan fingerprint density at radius 1 is 1.00 bits per heavy atom. The molecule has 3 rings (SSSR count). The molecule has 3 aromatic rings. The minimum absolute atomic E-state index is 0.0282. The van der Waals surface area contributed by atoms with Crippen LogP contribution in [-0.4, -0.2) is 0 Å². The lowest BCUT2D eigenvalue weighted by Crippen LogP contribution is -1.98. The molecule has 21 heavy (non-hydrogen) atoms. The van der Waals surface area contributed by atoms with E-state index in [0.29, 0.717) is 4.47 Å². The van der Waals surface area contributed by atoms with Crippen LogP contribution in [0, 0.1) is 12.7 Å². The molecule has 0 nitrogen and oxygen atoms in total. The van der Waals surface area contributed by atoms with E-state index < -0.39 is 0 Å². The van der Waals surface area contributed by atoms with Gasteiger partial charge in [-0.3, -0.25) is 0 Å². The zero-order chi connectivity index (χ0) is 15.0. The van der Waals surface area contributed by atoms with E-state index in [9.17, 15) is 4.39 Å². The summed E-state index contributed by atoms with van der Waals surface area (Å²) in [4.78, 5) is 0.0282. The van der Waals surface area contributed by atoms with Crippen molar-refractivity contribution in [3.63, 3.8) is 0 Å². The van der Waals surface area contributed by atoms with Crippen LogP contribution in [0.5, 0.6) is 0 Å². The summed E-state index contributed by atoms with van der Waals surface area (Å²) in [6.45, 7) is 2.11. The molecule has 1 unspecified atom stereocenters. The summed E-state index contributed by atoms with van der Waals surface area (Å²) in [6, 6.07) is 17.7. The van der Waals surface area contributed by atoms with Gasteiger partial charge in [-0.1, -0.05) is 58.4 Å². The van der Waals surface area contributed by atoms with E-state index >= 15 is 0 Å². The highest BCUT2D eigenvalue weighted by atomic mass is 79.9. The highest BCUT2D eigenvalue weighted by molar-refractivity contribution is 9.10. The van der Waals surface area contributed by atoms with Crippen molar-refractivity contribution in [2.75, 3.05) is 0 Å². The first kappa shape index (κ1) is 14.7. The number of rotatable bonds is 2. The molecule has 0 aliphatic heterocycles. The molecular weight excluding hydrogens is 395 g/mol. The first-order chi connectivity index (χ1) is 10.1. The molecule has 0 heterocycles. The van der Waals surface area contributed by atoms with Crippen LogP contribution in [0.1, 0.15) is 21.5 Å². The van der Waals surface area contributed by atoms with Gasteiger partial charge in [0.05, 0.1) is 9.30 Å². The van der Waals surface area contributed by atoms with E-state index in [1.807, 2.05) is 24.3 Å². The predicted octanol–water partition coefficient (Wildman–Crippen LogP) is 6.53. The molecule has 3 aromatic carbocycles. The maximum Gasteiger partial charge on any atom is 0.137 e. The van der Waals surface area contributed by atoms with E-state index in [0.717, 1.165) is 5.56 Å². The van der Waals surface area contributed by atoms with Crippen molar-refractivity contribution in [3.8, 4) is 0 Å². The van der Waals surface area contributed by atoms with Gasteiger partial charge in [0, 0.05) is 0 Å². The van der Waals surface area contributed by atoms with Gasteiger partial charge in [-0.25, -0.2) is 4.39 Å². The molecule has 0 saturated carbocycles. The highest BCUT2D eigenvalue weighted by Gasteiger charge is 2.17. The van der Waals surface area contributed by atoms with E-state index in [4.69, 9.17) is 0 Å². The standard InChI is InChI=1S/C18H13Br2F/c1-11-6-7-12-4-2-3-5-14(12)17(11)18(20)13-8-9-16(21)15(19)10-13/h2-10,18H,1H3. The van der Waals surface area contributed by atoms with Crippen LogP contribution in [0.3, 0.4) is 0 Å². The van der Waals surface area contributed by atoms with Gasteiger partial charge < -0.3 is 0 Å². The Labute approximate surface area is 140 Å². The van der Waals surface area contributed by atoms with Crippen molar-refractivity contribution >= 4 is 42.6 Å². The lowest BCUT2D eigenvalue weighted by Gasteiger charge is -2.17. The summed E-state index contributed by atoms with van der Waals surface area (Å²) in [6.07, 6.45) is 0. The van der Waals surface area contributed by atoms with Gasteiger partial charge in [0.1, 0.15) is 5.82 Å². The molecular formula is C18H13Br2F. The van der Waals surface area contributed by atoms with Crippen LogP contribution >= 0.6 is 31.9 Å². The lowest BCUT2D eigenvalue weighted by atomic mass is 9.94. The molecule has 0 N–H and O–H groups in total. The smallest absolute Gasteiger partial charge is 0.137 e. The number of halogens is 3. The van der Waals surface area contributed by atoms with Crippen molar-refractivity contribution in [2.45, 2.75) is 11.8 Å². The summed E-state index contributed by atoms with van der Waals surface area (Å²) in [5.74, 6) is -0.243. The second-order valence-corrected chi connectivity index (χ2v) is 6.82. The topological polar surface area (TPSA) is 0 Å². The molecule has 0 aromatic heterocycles. The summed E-state index contributed by atoms with van der Waals surface area (Å²) < 4.78 is 13.9. The second kappa shape index (κ2) is 5.90. The molecule has 0 bridgehead atoms. The third-order valence-corrected chi connectivity index (χ3v) is 5.27. The summed E-state index contributed by atoms with van der Waals surface area (Å²) in [5, 5.41) is 2.43. The summed E-state index contributed by atoms with van der Waals surface area (Å²) in [5.41, 5.74) is 3.48. The minimum atomic E-state index is -0.243. The fourth-order valence-electron chi connectivity index (χ4n) is 2.58. The number of benzene rings is 3. The van der Waals surface area contributed by atoms with Crippen molar-refractivity contribution < 1.29 is 4.39 Å². The fraction of sp³-hybridized carbons (Fsp3) is 0.111. The Morgan fingerprint density at radius 3 is 2.52 bits per heavy atom. The molecule has 0 radical (unpaired) electrons. The highest BCUT2D eigenvalue weighted by Crippen LogP contribution is 2.38. The van der Waals surface area contributed by atoms with E-state index in [-0.39, 0.29) is 10.6 Å². The Kier molecular flexibility index (Phi) is 4.14. The number of hydrogen-bond acceptors (Lipinski definition) is 0. The zero-order valence-electron chi connectivity index (χ0n) is 11.4. The molecule has 0 aliphatic carbocycles. The maximum absolute atomic E-state index is 13.4. The van der Waals surface area contributed by atoms with Gasteiger partial charge >= 0.3 is 0 Å². The van der Waals surface area contributed by atoms with Crippen LogP contribution in [0.2, 0.25) is 0 Å². The molecule has 0 aliphatic rings. The fourth-order valence-corrected chi connectivity index (χ4v) is 3.87. The van der Waals surface area contributed by atoms with E-state index in [1.165, 1.54) is 28.0 Å². The molecule has 1 atom stereocenters. The molecule has 0 fully saturated rings. The normalized spacial score (nSPS) is 12.6.